The van der Waals surface area contributed by atoms with Crippen molar-refractivity contribution >= 4 is 5.78 Å². The number of hydrogen-bond acceptors (Lipinski definition) is 3. The number of carbonyl (C=O) groups excluding carboxylic acids is 1. The molecule has 0 saturated carbocycles. The molecule has 0 aliphatic rings. The summed E-state index contributed by atoms with van der Waals surface area (Å²) >= 11 is 0. The Morgan fingerprint density at radius 1 is 1.10 bits per heavy atom. The second-order valence-corrected chi connectivity index (χ2v) is 4.84. The Bertz CT molecular complexity index is 583. The molecule has 0 unspecified atom stereocenters. The summed E-state index contributed by atoms with van der Waals surface area (Å²) in [5, 5.41) is 0. The molecule has 3 nitrogen and oxygen atoms in total. The van der Waals surface area contributed by atoms with E-state index in [1.807, 2.05) is 56.3 Å². The first-order valence-corrected chi connectivity index (χ1v) is 6.63. The predicted molar refractivity (Wildman–Crippen MR) is 80.1 cm³/mol. The lowest BCUT2D eigenvalue weighted by Gasteiger charge is -2.13. The highest BCUT2D eigenvalue weighted by Gasteiger charge is 2.10. The van der Waals surface area contributed by atoms with Crippen LogP contribution >= 0.6 is 0 Å². The highest BCUT2D eigenvalue weighted by molar-refractivity contribution is 5.98. The Balaban J connectivity index is 2.18. The molecule has 3 heteroatoms. The molecule has 0 radical (unpaired) electrons. The minimum Gasteiger partial charge on any atom is -0.488 e. The van der Waals surface area contributed by atoms with Crippen LogP contribution in [-0.2, 0) is 6.61 Å². The second kappa shape index (κ2) is 6.35. The molecular formula is C17H19NO2. The Morgan fingerprint density at radius 2 is 1.70 bits per heavy atom. The van der Waals surface area contributed by atoms with Crippen LogP contribution in [0.3, 0.4) is 0 Å². The molecule has 0 fully saturated rings. The molecule has 104 valence electrons. The SMILES string of the molecule is Cc1cc(C(=O)CN)cc(C)c1OCc1ccccc1. The molecule has 0 heterocycles. The molecule has 20 heavy (non-hydrogen) atoms. The number of hydrogen-bond donors (Lipinski definition) is 1. The van der Waals surface area contributed by atoms with Crippen molar-refractivity contribution in [2.24, 2.45) is 5.73 Å². The minimum absolute atomic E-state index is 0.0309. The lowest BCUT2D eigenvalue weighted by Crippen LogP contribution is -2.14. The summed E-state index contributed by atoms with van der Waals surface area (Å²) in [6, 6.07) is 13.7. The summed E-state index contributed by atoms with van der Waals surface area (Å²) in [7, 11) is 0. The number of carbonyl (C=O) groups is 1. The van der Waals surface area contributed by atoms with Crippen LogP contribution < -0.4 is 10.5 Å². The fraction of sp³-hybridized carbons (Fsp3) is 0.235. The third-order valence-corrected chi connectivity index (χ3v) is 3.19. The molecule has 2 aromatic rings. The van der Waals surface area contributed by atoms with Crippen molar-refractivity contribution in [1.82, 2.24) is 0 Å². The van der Waals surface area contributed by atoms with E-state index in [2.05, 4.69) is 0 Å². The van der Waals surface area contributed by atoms with Crippen LogP contribution in [0.1, 0.15) is 27.0 Å². The van der Waals surface area contributed by atoms with Gasteiger partial charge in [-0.1, -0.05) is 30.3 Å². The number of benzene rings is 2. The van der Waals surface area contributed by atoms with Crippen molar-refractivity contribution in [2.45, 2.75) is 20.5 Å². The van der Waals surface area contributed by atoms with E-state index in [1.54, 1.807) is 0 Å². The van der Waals surface area contributed by atoms with E-state index in [0.29, 0.717) is 12.2 Å². The summed E-state index contributed by atoms with van der Waals surface area (Å²) < 4.78 is 5.88. The number of nitrogens with two attached hydrogens (primary N) is 1. The maximum absolute atomic E-state index is 11.6. The fourth-order valence-electron chi connectivity index (χ4n) is 2.19. The minimum atomic E-state index is -0.0502. The van der Waals surface area contributed by atoms with Gasteiger partial charge in [-0.25, -0.2) is 0 Å². The van der Waals surface area contributed by atoms with E-state index in [1.165, 1.54) is 0 Å². The molecule has 2 aromatic carbocycles. The highest BCUT2D eigenvalue weighted by Crippen LogP contribution is 2.26. The van der Waals surface area contributed by atoms with Crippen molar-refractivity contribution < 1.29 is 9.53 Å². The molecule has 0 aromatic heterocycles. The van der Waals surface area contributed by atoms with Crippen LogP contribution in [0.15, 0.2) is 42.5 Å². The van der Waals surface area contributed by atoms with Crippen LogP contribution in [0.4, 0.5) is 0 Å². The van der Waals surface area contributed by atoms with Gasteiger partial charge in [-0.3, -0.25) is 4.79 Å². The van der Waals surface area contributed by atoms with Gasteiger partial charge in [0.1, 0.15) is 12.4 Å². The van der Waals surface area contributed by atoms with Crippen molar-refractivity contribution in [3.63, 3.8) is 0 Å². The smallest absolute Gasteiger partial charge is 0.176 e. The highest BCUT2D eigenvalue weighted by atomic mass is 16.5. The Hall–Kier alpha value is -2.13. The number of aryl methyl sites for hydroxylation is 2. The van der Waals surface area contributed by atoms with E-state index >= 15 is 0 Å². The van der Waals surface area contributed by atoms with Crippen molar-refractivity contribution in [2.75, 3.05) is 6.54 Å². The van der Waals surface area contributed by atoms with Crippen LogP contribution in [-0.4, -0.2) is 12.3 Å². The lowest BCUT2D eigenvalue weighted by atomic mass is 10.0. The molecule has 0 aliphatic carbocycles. The largest absolute Gasteiger partial charge is 0.488 e. The normalized spacial score (nSPS) is 10.3. The summed E-state index contributed by atoms with van der Waals surface area (Å²) in [4.78, 5) is 11.6. The maximum atomic E-state index is 11.6. The third kappa shape index (κ3) is 3.25. The van der Waals surface area contributed by atoms with Gasteiger partial charge < -0.3 is 10.5 Å². The van der Waals surface area contributed by atoms with Crippen LogP contribution in [0.25, 0.3) is 0 Å². The number of ether oxygens (including phenoxy) is 1. The number of rotatable bonds is 5. The molecule has 0 spiro atoms. The van der Waals surface area contributed by atoms with Gasteiger partial charge in [-0.05, 0) is 42.7 Å². The second-order valence-electron chi connectivity index (χ2n) is 4.84. The Kier molecular flexibility index (Phi) is 4.53. The zero-order valence-electron chi connectivity index (χ0n) is 11.8. The van der Waals surface area contributed by atoms with Gasteiger partial charge in [0.05, 0.1) is 6.54 Å². The van der Waals surface area contributed by atoms with Gasteiger partial charge in [0.25, 0.3) is 0 Å². The van der Waals surface area contributed by atoms with E-state index in [9.17, 15) is 4.79 Å². The number of Topliss-reactive ketones (excluding diaryl/α,β-unsaturated/α-hetero) is 1. The van der Waals surface area contributed by atoms with E-state index in [-0.39, 0.29) is 12.3 Å². The van der Waals surface area contributed by atoms with Gasteiger partial charge >= 0.3 is 0 Å². The molecular weight excluding hydrogens is 250 g/mol. The Labute approximate surface area is 119 Å². The third-order valence-electron chi connectivity index (χ3n) is 3.19. The summed E-state index contributed by atoms with van der Waals surface area (Å²) in [6.07, 6.45) is 0. The first-order valence-electron chi connectivity index (χ1n) is 6.63. The fourth-order valence-corrected chi connectivity index (χ4v) is 2.19. The molecule has 2 N–H and O–H groups in total. The molecule has 0 saturated heterocycles. The van der Waals surface area contributed by atoms with Gasteiger partial charge in [-0.15, -0.1) is 0 Å². The zero-order chi connectivity index (χ0) is 14.5. The maximum Gasteiger partial charge on any atom is 0.176 e. The van der Waals surface area contributed by atoms with E-state index in [4.69, 9.17) is 10.5 Å². The monoisotopic (exact) mass is 269 g/mol. The quantitative estimate of drug-likeness (QED) is 0.849. The Morgan fingerprint density at radius 3 is 2.25 bits per heavy atom. The molecule has 0 bridgehead atoms. The molecule has 0 atom stereocenters. The van der Waals surface area contributed by atoms with Crippen LogP contribution in [0, 0.1) is 13.8 Å². The van der Waals surface area contributed by atoms with E-state index in [0.717, 1.165) is 22.4 Å². The topological polar surface area (TPSA) is 52.3 Å². The first-order chi connectivity index (χ1) is 9.61. The van der Waals surface area contributed by atoms with E-state index < -0.39 is 0 Å². The number of ketones is 1. The van der Waals surface area contributed by atoms with Gasteiger partial charge in [0, 0.05) is 5.56 Å². The molecule has 0 aliphatic heterocycles. The molecule has 0 amide bonds. The van der Waals surface area contributed by atoms with Gasteiger partial charge in [-0.2, -0.15) is 0 Å². The van der Waals surface area contributed by atoms with Gasteiger partial charge in [0.2, 0.25) is 0 Å². The van der Waals surface area contributed by atoms with Crippen molar-refractivity contribution in [1.29, 1.82) is 0 Å². The predicted octanol–water partition coefficient (Wildman–Crippen LogP) is 3.02. The average molecular weight is 269 g/mol. The van der Waals surface area contributed by atoms with Crippen LogP contribution in [0.5, 0.6) is 5.75 Å². The average Bonchev–Trinajstić information content (AvgIpc) is 2.46. The summed E-state index contributed by atoms with van der Waals surface area (Å²) in [5.74, 6) is 0.785. The summed E-state index contributed by atoms with van der Waals surface area (Å²) in [6.45, 7) is 4.44. The van der Waals surface area contributed by atoms with Crippen molar-refractivity contribution in [3.05, 3.63) is 64.7 Å². The lowest BCUT2D eigenvalue weighted by molar-refractivity contribution is 0.100. The van der Waals surface area contributed by atoms with Gasteiger partial charge in [0.15, 0.2) is 5.78 Å². The van der Waals surface area contributed by atoms with Crippen LogP contribution in [0.2, 0.25) is 0 Å². The zero-order valence-corrected chi connectivity index (χ0v) is 11.8. The standard InChI is InChI=1S/C17H19NO2/c1-12-8-15(16(19)10-18)9-13(2)17(12)20-11-14-6-4-3-5-7-14/h3-9H,10-11,18H2,1-2H3. The van der Waals surface area contributed by atoms with Crippen molar-refractivity contribution in [3.8, 4) is 5.75 Å². The first kappa shape index (κ1) is 14.3. The summed E-state index contributed by atoms with van der Waals surface area (Å²) in [5.41, 5.74) is 9.08. The molecule has 2 rings (SSSR count).